The molecule has 0 amide bonds. The minimum Gasteiger partial charge on any atom is -0.434 e. The minimum absolute atomic E-state index is 0.124. The molecule has 1 aromatic rings. The van der Waals surface area contributed by atoms with Crippen LogP contribution in [-0.4, -0.2) is 12.8 Å². The molecule has 0 saturated carbocycles. The lowest BCUT2D eigenvalue weighted by molar-refractivity contribution is 0.0995. The molecule has 70 valence electrons. The van der Waals surface area contributed by atoms with Gasteiger partial charge in [-0.3, -0.25) is 0 Å². The van der Waals surface area contributed by atoms with Gasteiger partial charge in [-0.1, -0.05) is 12.7 Å². The summed E-state index contributed by atoms with van der Waals surface area (Å²) in [4.78, 5) is 10.9. The van der Waals surface area contributed by atoms with Crippen molar-refractivity contribution in [2.45, 2.75) is 6.92 Å². The van der Waals surface area contributed by atoms with Crippen molar-refractivity contribution in [1.29, 1.82) is 0 Å². The Morgan fingerprint density at radius 2 is 2.54 bits per heavy atom. The van der Waals surface area contributed by atoms with Gasteiger partial charge in [0.25, 0.3) is 5.95 Å². The van der Waals surface area contributed by atoms with Crippen molar-refractivity contribution in [2.24, 2.45) is 0 Å². The quantitative estimate of drug-likeness (QED) is 0.531. The summed E-state index contributed by atoms with van der Waals surface area (Å²) in [6, 6.07) is 1.69. The highest BCUT2D eigenvalue weighted by Crippen LogP contribution is 2.18. The summed E-state index contributed by atoms with van der Waals surface area (Å²) in [6.45, 7) is 5.28. The van der Waals surface area contributed by atoms with Crippen LogP contribution in [0.15, 0.2) is 29.4 Å². The summed E-state index contributed by atoms with van der Waals surface area (Å²) in [7, 11) is 0. The molecule has 0 bridgehead atoms. The van der Waals surface area contributed by atoms with Gasteiger partial charge in [0.05, 0.1) is 6.26 Å². The lowest BCUT2D eigenvalue weighted by Crippen LogP contribution is -2.10. The molecule has 0 unspecified atom stereocenters. The fourth-order valence-electron chi connectivity index (χ4n) is 0.696. The lowest BCUT2D eigenvalue weighted by atomic mass is 10.4. The van der Waals surface area contributed by atoms with E-state index in [9.17, 15) is 4.79 Å². The maximum Gasteiger partial charge on any atom is 0.516 e. The van der Waals surface area contributed by atoms with Crippen LogP contribution in [0.1, 0.15) is 5.56 Å². The highest BCUT2D eigenvalue weighted by Gasteiger charge is 2.09. The van der Waals surface area contributed by atoms with Crippen molar-refractivity contribution in [1.82, 2.24) is 0 Å². The molecular formula is C9H10O4. The molecule has 0 aromatic carbocycles. The predicted octanol–water partition coefficient (Wildman–Crippen LogP) is 2.29. The molecule has 4 nitrogen and oxygen atoms in total. The first-order valence-electron chi connectivity index (χ1n) is 3.73. The van der Waals surface area contributed by atoms with Crippen LogP contribution in [0.3, 0.4) is 0 Å². The zero-order chi connectivity index (χ0) is 9.68. The van der Waals surface area contributed by atoms with Gasteiger partial charge in [-0.25, -0.2) is 4.79 Å². The first-order valence-corrected chi connectivity index (χ1v) is 3.73. The van der Waals surface area contributed by atoms with Crippen LogP contribution in [0.4, 0.5) is 4.79 Å². The number of furan rings is 1. The molecule has 0 aliphatic heterocycles. The van der Waals surface area contributed by atoms with E-state index < -0.39 is 6.16 Å². The number of rotatable bonds is 3. The summed E-state index contributed by atoms with van der Waals surface area (Å²) < 4.78 is 14.2. The number of carbonyl (C=O) groups excluding carboxylic acids is 1. The zero-order valence-electron chi connectivity index (χ0n) is 7.28. The van der Waals surface area contributed by atoms with Gasteiger partial charge in [0.2, 0.25) is 0 Å². The number of ether oxygens (including phenoxy) is 2. The van der Waals surface area contributed by atoms with E-state index >= 15 is 0 Å². The molecule has 0 fully saturated rings. The van der Waals surface area contributed by atoms with E-state index in [1.165, 1.54) is 12.3 Å². The topological polar surface area (TPSA) is 48.7 Å². The third-order valence-electron chi connectivity index (χ3n) is 1.31. The van der Waals surface area contributed by atoms with Gasteiger partial charge >= 0.3 is 6.16 Å². The van der Waals surface area contributed by atoms with Gasteiger partial charge in [-0.05, 0) is 13.0 Å². The van der Waals surface area contributed by atoms with Gasteiger partial charge in [0, 0.05) is 5.56 Å². The van der Waals surface area contributed by atoms with Crippen molar-refractivity contribution >= 4 is 6.16 Å². The predicted molar refractivity (Wildman–Crippen MR) is 45.6 cm³/mol. The smallest absolute Gasteiger partial charge is 0.434 e. The molecule has 1 heterocycles. The Hall–Kier alpha value is -1.71. The Balaban J connectivity index is 2.45. The molecule has 4 heteroatoms. The van der Waals surface area contributed by atoms with Crippen molar-refractivity contribution in [3.63, 3.8) is 0 Å². The SMILES string of the molecule is C=CCOC(=O)Oc1occc1C. The fraction of sp³-hybridized carbons (Fsp3) is 0.222. The van der Waals surface area contributed by atoms with E-state index in [0.29, 0.717) is 0 Å². The summed E-state index contributed by atoms with van der Waals surface area (Å²) >= 11 is 0. The number of aryl methyl sites for hydroxylation is 1. The molecule has 1 aromatic heterocycles. The summed E-state index contributed by atoms with van der Waals surface area (Å²) in [5.74, 6) is 0.161. The van der Waals surface area contributed by atoms with E-state index in [1.807, 2.05) is 0 Å². The van der Waals surface area contributed by atoms with Gasteiger partial charge in [0.15, 0.2) is 0 Å². The molecule has 0 N–H and O–H groups in total. The Morgan fingerprint density at radius 3 is 3.08 bits per heavy atom. The van der Waals surface area contributed by atoms with Gasteiger partial charge in [0.1, 0.15) is 6.61 Å². The Kier molecular flexibility index (Phi) is 3.14. The Labute approximate surface area is 75.7 Å². The highest BCUT2D eigenvalue weighted by molar-refractivity contribution is 5.63. The first-order chi connectivity index (χ1) is 6.24. The molecule has 13 heavy (non-hydrogen) atoms. The van der Waals surface area contributed by atoms with Crippen LogP contribution in [0, 0.1) is 6.92 Å². The number of carbonyl (C=O) groups is 1. The van der Waals surface area contributed by atoms with E-state index in [-0.39, 0.29) is 12.6 Å². The van der Waals surface area contributed by atoms with Crippen LogP contribution < -0.4 is 4.74 Å². The average molecular weight is 182 g/mol. The summed E-state index contributed by atoms with van der Waals surface area (Å²) in [5, 5.41) is 0. The van der Waals surface area contributed by atoms with Crippen molar-refractivity contribution < 1.29 is 18.7 Å². The Bertz CT molecular complexity index is 300. The zero-order valence-corrected chi connectivity index (χ0v) is 7.28. The second-order valence-corrected chi connectivity index (χ2v) is 2.34. The second kappa shape index (κ2) is 4.35. The third-order valence-corrected chi connectivity index (χ3v) is 1.31. The van der Waals surface area contributed by atoms with E-state index in [0.717, 1.165) is 5.56 Å². The van der Waals surface area contributed by atoms with E-state index in [1.54, 1.807) is 13.0 Å². The average Bonchev–Trinajstić information content (AvgIpc) is 2.48. The lowest BCUT2D eigenvalue weighted by Gasteiger charge is -2.00. The monoisotopic (exact) mass is 182 g/mol. The molecule has 1 rings (SSSR count). The van der Waals surface area contributed by atoms with Crippen molar-refractivity contribution in [2.75, 3.05) is 6.61 Å². The largest absolute Gasteiger partial charge is 0.516 e. The van der Waals surface area contributed by atoms with Gasteiger partial charge < -0.3 is 13.9 Å². The standard InChI is InChI=1S/C9H10O4/c1-3-5-12-9(10)13-8-7(2)4-6-11-8/h3-4,6H,1,5H2,2H3. The van der Waals surface area contributed by atoms with Crippen molar-refractivity contribution in [3.8, 4) is 5.95 Å². The molecular weight excluding hydrogens is 172 g/mol. The molecule has 0 spiro atoms. The van der Waals surface area contributed by atoms with E-state index in [2.05, 4.69) is 11.3 Å². The first kappa shape index (κ1) is 9.38. The molecule has 0 aliphatic rings. The van der Waals surface area contributed by atoms with Crippen LogP contribution in [0.2, 0.25) is 0 Å². The Morgan fingerprint density at radius 1 is 1.77 bits per heavy atom. The van der Waals surface area contributed by atoms with Crippen LogP contribution in [0.5, 0.6) is 5.95 Å². The molecule has 0 saturated heterocycles. The summed E-state index contributed by atoms with van der Waals surface area (Å²) in [6.07, 6.45) is 2.10. The third kappa shape index (κ3) is 2.66. The maximum absolute atomic E-state index is 10.9. The van der Waals surface area contributed by atoms with Gasteiger partial charge in [-0.2, -0.15) is 0 Å². The van der Waals surface area contributed by atoms with Crippen molar-refractivity contribution in [3.05, 3.63) is 30.5 Å². The molecule has 0 radical (unpaired) electrons. The number of hydrogen-bond acceptors (Lipinski definition) is 4. The normalized spacial score (nSPS) is 9.31. The number of hydrogen-bond donors (Lipinski definition) is 0. The second-order valence-electron chi connectivity index (χ2n) is 2.34. The highest BCUT2D eigenvalue weighted by atomic mass is 16.8. The summed E-state index contributed by atoms with van der Waals surface area (Å²) in [5.41, 5.74) is 0.746. The molecule has 0 aliphatic carbocycles. The van der Waals surface area contributed by atoms with Crippen LogP contribution in [-0.2, 0) is 4.74 Å². The van der Waals surface area contributed by atoms with Crippen LogP contribution in [0.25, 0.3) is 0 Å². The minimum atomic E-state index is -0.794. The van der Waals surface area contributed by atoms with Gasteiger partial charge in [-0.15, -0.1) is 0 Å². The fourth-order valence-corrected chi connectivity index (χ4v) is 0.696. The maximum atomic E-state index is 10.9. The molecule has 0 atom stereocenters. The van der Waals surface area contributed by atoms with Crippen LogP contribution >= 0.6 is 0 Å². The van der Waals surface area contributed by atoms with E-state index in [4.69, 9.17) is 9.15 Å².